The fraction of sp³-hybridized carbons (Fsp3) is 0.545. The van der Waals surface area contributed by atoms with Crippen molar-refractivity contribution >= 4 is 23.6 Å². The maximum Gasteiger partial charge on any atom is 0.303 e. The van der Waals surface area contributed by atoms with Gasteiger partial charge in [-0.3, -0.25) is 9.59 Å². The van der Waals surface area contributed by atoms with Crippen molar-refractivity contribution in [1.29, 1.82) is 0 Å². The summed E-state index contributed by atoms with van der Waals surface area (Å²) in [7, 11) is 1.91. The van der Waals surface area contributed by atoms with Crippen molar-refractivity contribution in [3.05, 3.63) is 47.5 Å². The van der Waals surface area contributed by atoms with E-state index in [0.29, 0.717) is 25.8 Å². The number of likely N-dealkylation sites (tertiary alicyclic amines) is 1. The molecule has 1 aliphatic heterocycles. The highest BCUT2D eigenvalue weighted by molar-refractivity contribution is 7.99. The van der Waals surface area contributed by atoms with Crippen LogP contribution in [0.1, 0.15) is 36.8 Å². The first-order valence-corrected chi connectivity index (χ1v) is 11.3. The summed E-state index contributed by atoms with van der Waals surface area (Å²) in [5.41, 5.74) is 2.28. The van der Waals surface area contributed by atoms with Gasteiger partial charge in [-0.1, -0.05) is 36.4 Å². The van der Waals surface area contributed by atoms with Crippen molar-refractivity contribution in [2.75, 3.05) is 25.1 Å². The van der Waals surface area contributed by atoms with Crippen LogP contribution < -0.4 is 5.32 Å². The Morgan fingerprint density at radius 3 is 2.93 bits per heavy atom. The lowest BCUT2D eigenvalue weighted by Gasteiger charge is -2.22. The molecule has 7 heteroatoms. The van der Waals surface area contributed by atoms with Gasteiger partial charge in [0.15, 0.2) is 0 Å². The highest BCUT2D eigenvalue weighted by atomic mass is 32.2. The molecule has 0 bridgehead atoms. The fourth-order valence-corrected chi connectivity index (χ4v) is 4.35. The van der Waals surface area contributed by atoms with Crippen LogP contribution in [0.2, 0.25) is 0 Å². The number of aliphatic carboxylic acids is 1. The van der Waals surface area contributed by atoms with Crippen LogP contribution in [0, 0.1) is 0 Å². The highest BCUT2D eigenvalue weighted by Crippen LogP contribution is 2.21. The number of carboxylic acids is 1. The summed E-state index contributed by atoms with van der Waals surface area (Å²) in [5, 5.41) is 22.2. The largest absolute Gasteiger partial charge is 0.481 e. The number of thioether (sulfide) groups is 1. The third-order valence-corrected chi connectivity index (χ3v) is 5.95. The Bertz CT molecular complexity index is 695. The van der Waals surface area contributed by atoms with E-state index in [9.17, 15) is 14.7 Å². The minimum absolute atomic E-state index is 0.0346. The zero-order valence-corrected chi connectivity index (χ0v) is 17.9. The lowest BCUT2D eigenvalue weighted by atomic mass is 10.0. The minimum Gasteiger partial charge on any atom is -0.481 e. The highest BCUT2D eigenvalue weighted by Gasteiger charge is 2.28. The molecule has 0 unspecified atom stereocenters. The van der Waals surface area contributed by atoms with Gasteiger partial charge in [0, 0.05) is 38.1 Å². The number of benzene rings is 1. The second kappa shape index (κ2) is 12.7. The Hall–Kier alpha value is -1.83. The van der Waals surface area contributed by atoms with Gasteiger partial charge >= 0.3 is 5.97 Å². The average molecular weight is 421 g/mol. The number of hydrogen-bond donors (Lipinski definition) is 3. The molecule has 0 saturated carbocycles. The molecule has 2 atom stereocenters. The first-order chi connectivity index (χ1) is 14.0. The number of aliphatic hydroxyl groups excluding tert-OH is 1. The summed E-state index contributed by atoms with van der Waals surface area (Å²) in [6, 6.07) is 8.21. The van der Waals surface area contributed by atoms with Crippen LogP contribution in [0.25, 0.3) is 0 Å². The van der Waals surface area contributed by atoms with Crippen molar-refractivity contribution in [1.82, 2.24) is 10.2 Å². The molecule has 1 heterocycles. The zero-order chi connectivity index (χ0) is 21.1. The monoisotopic (exact) mass is 420 g/mol. The summed E-state index contributed by atoms with van der Waals surface area (Å²) in [4.78, 5) is 24.6. The molecule has 1 aromatic rings. The zero-order valence-electron chi connectivity index (χ0n) is 17.0. The van der Waals surface area contributed by atoms with Gasteiger partial charge in [0.25, 0.3) is 0 Å². The maximum absolute atomic E-state index is 12.2. The molecule has 6 nitrogen and oxygen atoms in total. The second-order valence-corrected chi connectivity index (χ2v) is 8.53. The normalized spacial score (nSPS) is 17.9. The van der Waals surface area contributed by atoms with Crippen LogP contribution in [-0.2, 0) is 22.6 Å². The summed E-state index contributed by atoms with van der Waals surface area (Å²) >= 11 is 1.68. The topological polar surface area (TPSA) is 89.9 Å². The summed E-state index contributed by atoms with van der Waals surface area (Å²) in [5.74, 6) is 0.981. The van der Waals surface area contributed by atoms with Crippen molar-refractivity contribution < 1.29 is 19.8 Å². The first-order valence-electron chi connectivity index (χ1n) is 10.2. The van der Waals surface area contributed by atoms with E-state index in [1.807, 2.05) is 30.2 Å². The van der Waals surface area contributed by atoms with Crippen molar-refractivity contribution in [3.8, 4) is 0 Å². The summed E-state index contributed by atoms with van der Waals surface area (Å²) in [6.45, 7) is 1.46. The molecular weight excluding hydrogens is 388 g/mol. The van der Waals surface area contributed by atoms with Crippen LogP contribution in [0.5, 0.6) is 0 Å². The minimum atomic E-state index is -0.766. The Morgan fingerprint density at radius 1 is 1.38 bits per heavy atom. The molecule has 0 aromatic heterocycles. The first kappa shape index (κ1) is 23.4. The fourth-order valence-electron chi connectivity index (χ4n) is 3.47. The Morgan fingerprint density at radius 2 is 2.17 bits per heavy atom. The van der Waals surface area contributed by atoms with E-state index in [4.69, 9.17) is 5.11 Å². The molecule has 1 aliphatic rings. The third-order valence-electron chi connectivity index (χ3n) is 4.90. The van der Waals surface area contributed by atoms with Crippen LogP contribution in [-0.4, -0.2) is 64.2 Å². The van der Waals surface area contributed by atoms with Crippen molar-refractivity contribution in [2.24, 2.45) is 0 Å². The number of hydrogen-bond acceptors (Lipinski definition) is 5. The maximum atomic E-state index is 12.2. The van der Waals surface area contributed by atoms with Crippen LogP contribution >= 0.6 is 11.8 Å². The van der Waals surface area contributed by atoms with Crippen molar-refractivity contribution in [3.63, 3.8) is 0 Å². The lowest BCUT2D eigenvalue weighted by molar-refractivity contribution is -0.137. The number of amides is 1. The summed E-state index contributed by atoms with van der Waals surface area (Å²) in [6.07, 6.45) is 5.90. The molecule has 2 rings (SSSR count). The summed E-state index contributed by atoms with van der Waals surface area (Å²) < 4.78 is 0. The Labute approximate surface area is 177 Å². The van der Waals surface area contributed by atoms with E-state index in [0.717, 1.165) is 30.0 Å². The number of aliphatic hydroxyl groups is 1. The molecular formula is C22H32N2O4S. The van der Waals surface area contributed by atoms with Gasteiger partial charge in [0.1, 0.15) is 0 Å². The quantitative estimate of drug-likeness (QED) is 0.336. The predicted molar refractivity (Wildman–Crippen MR) is 117 cm³/mol. The standard InChI is InChI=1S/C22H32N2O4S/c1-23-16-18-5-2-4-17(14-18)15-20(25)9-7-19-8-10-21(26)24(19)11-13-29-12-3-6-22(27)28/h2,4-5,7,9,14,19-20,23,25H,3,6,8,10-13,15-16H2,1H3,(H,27,28)/t19-,20+/m0/s1. The van der Waals surface area contributed by atoms with Crippen LogP contribution in [0.4, 0.5) is 0 Å². The Balaban J connectivity index is 1.79. The molecule has 160 valence electrons. The number of carbonyl (C=O) groups is 2. The van der Waals surface area contributed by atoms with E-state index in [2.05, 4.69) is 17.4 Å². The van der Waals surface area contributed by atoms with Gasteiger partial charge < -0.3 is 20.4 Å². The average Bonchev–Trinajstić information content (AvgIpc) is 3.03. The van der Waals surface area contributed by atoms with Gasteiger partial charge in [-0.05, 0) is 36.8 Å². The Kier molecular flexibility index (Phi) is 10.2. The lowest BCUT2D eigenvalue weighted by Crippen LogP contribution is -2.34. The van der Waals surface area contributed by atoms with Crippen molar-refractivity contribution in [2.45, 2.75) is 50.8 Å². The number of rotatable bonds is 13. The number of nitrogens with zero attached hydrogens (tertiary/aromatic N) is 1. The van der Waals surface area contributed by atoms with E-state index < -0.39 is 12.1 Å². The van der Waals surface area contributed by atoms with Gasteiger partial charge in [0.2, 0.25) is 5.91 Å². The van der Waals surface area contributed by atoms with Gasteiger partial charge in [-0.25, -0.2) is 0 Å². The SMILES string of the molecule is CNCc1cccc(C[C@H](O)C=C[C@H]2CCC(=O)N2CCSCCCC(=O)O)c1. The van der Waals surface area contributed by atoms with Gasteiger partial charge in [0.05, 0.1) is 12.1 Å². The van der Waals surface area contributed by atoms with Gasteiger partial charge in [-0.15, -0.1) is 0 Å². The third kappa shape index (κ3) is 8.60. The number of carbonyl (C=O) groups excluding carboxylic acids is 1. The number of nitrogens with one attached hydrogen (secondary N) is 1. The number of carboxylic acid groups (broad SMARTS) is 1. The van der Waals surface area contributed by atoms with E-state index >= 15 is 0 Å². The second-order valence-electron chi connectivity index (χ2n) is 7.31. The van der Waals surface area contributed by atoms with E-state index in [1.54, 1.807) is 17.8 Å². The smallest absolute Gasteiger partial charge is 0.303 e. The van der Waals surface area contributed by atoms with E-state index in [1.165, 1.54) is 5.56 Å². The van der Waals surface area contributed by atoms with Gasteiger partial charge in [-0.2, -0.15) is 11.8 Å². The molecule has 0 radical (unpaired) electrons. The molecule has 3 N–H and O–H groups in total. The molecule has 0 spiro atoms. The molecule has 29 heavy (non-hydrogen) atoms. The van der Waals surface area contributed by atoms with E-state index in [-0.39, 0.29) is 18.4 Å². The molecule has 1 saturated heterocycles. The van der Waals surface area contributed by atoms with Crippen LogP contribution in [0.3, 0.4) is 0 Å². The molecule has 1 fully saturated rings. The van der Waals surface area contributed by atoms with Crippen LogP contribution in [0.15, 0.2) is 36.4 Å². The molecule has 0 aliphatic carbocycles. The molecule has 1 aromatic carbocycles. The predicted octanol–water partition coefficient (Wildman–Crippen LogP) is 2.45. The molecule has 1 amide bonds.